The van der Waals surface area contributed by atoms with E-state index in [9.17, 15) is 39.0 Å². The maximum Gasteiger partial charge on any atom is 0.326 e. The third kappa shape index (κ3) is 18.4. The quantitative estimate of drug-likeness (QED) is 0.0230. The molecule has 26 heteroatoms. The third-order valence-electron chi connectivity index (χ3n) is 15.6. The number of carboxylic acids is 1. The number of rotatable bonds is 33. The summed E-state index contributed by atoms with van der Waals surface area (Å²) in [5.41, 5.74) is 5.50. The molecule has 0 bridgehead atoms. The molecule has 4 aromatic heterocycles. The lowest BCUT2D eigenvalue weighted by atomic mass is 9.88. The smallest absolute Gasteiger partial charge is 0.326 e. The van der Waals surface area contributed by atoms with Crippen LogP contribution >= 0.6 is 0 Å². The number of aromatic nitrogens is 8. The van der Waals surface area contributed by atoms with Crippen molar-refractivity contribution >= 4 is 41.3 Å². The van der Waals surface area contributed by atoms with Crippen LogP contribution in [0.15, 0.2) is 85.3 Å². The van der Waals surface area contributed by atoms with Gasteiger partial charge in [-0.15, -0.1) is 5.10 Å². The molecule has 0 radical (unpaired) electrons. The van der Waals surface area contributed by atoms with Gasteiger partial charge in [-0.05, 0) is 124 Å². The van der Waals surface area contributed by atoms with Crippen molar-refractivity contribution in [1.29, 1.82) is 0 Å². The van der Waals surface area contributed by atoms with Gasteiger partial charge in [-0.2, -0.15) is 10.2 Å². The number of aromatic amines is 1. The van der Waals surface area contributed by atoms with Gasteiger partial charge in [0.05, 0.1) is 57.0 Å². The van der Waals surface area contributed by atoms with Crippen LogP contribution < -0.4 is 36.1 Å². The zero-order chi connectivity index (χ0) is 62.3. The molecule has 3 fully saturated rings. The predicted molar refractivity (Wildman–Crippen MR) is 321 cm³/mol. The minimum absolute atomic E-state index is 0.0449. The van der Waals surface area contributed by atoms with Crippen LogP contribution in [0.3, 0.4) is 0 Å². The number of aliphatic carboxylic acids is 1. The van der Waals surface area contributed by atoms with Crippen molar-refractivity contribution in [3.63, 3.8) is 0 Å². The third-order valence-corrected chi connectivity index (χ3v) is 15.6. The Morgan fingerprint density at radius 3 is 2.31 bits per heavy atom. The molecule has 1 aliphatic heterocycles. The minimum Gasteiger partial charge on any atom is -0.487 e. The van der Waals surface area contributed by atoms with E-state index in [0.717, 1.165) is 48.2 Å². The Hall–Kier alpha value is -8.75. The summed E-state index contributed by atoms with van der Waals surface area (Å²) < 4.78 is 26.4. The van der Waals surface area contributed by atoms with E-state index in [0.29, 0.717) is 85.9 Å². The summed E-state index contributed by atoms with van der Waals surface area (Å²) in [6.07, 6.45) is 9.80. The number of nitrogens with one attached hydrogen (secondary N) is 6. The molecule has 1 unspecified atom stereocenters. The van der Waals surface area contributed by atoms with Gasteiger partial charge < -0.3 is 60.6 Å². The summed E-state index contributed by atoms with van der Waals surface area (Å²) in [6.45, 7) is 12.0. The number of aliphatic hydroxyl groups is 1. The molecule has 8 N–H and O–H groups in total. The molecule has 9 rings (SSSR count). The first-order valence-corrected chi connectivity index (χ1v) is 30.0. The number of carboxylic acid groups (broad SMARTS) is 1. The number of carbonyl (C=O) groups is 6. The Morgan fingerprint density at radius 2 is 1.62 bits per heavy atom. The maximum absolute atomic E-state index is 14.0. The van der Waals surface area contributed by atoms with Gasteiger partial charge in [-0.1, -0.05) is 44.2 Å². The van der Waals surface area contributed by atoms with Crippen LogP contribution in [0.2, 0.25) is 0 Å². The van der Waals surface area contributed by atoms with Crippen LogP contribution in [0.5, 0.6) is 17.4 Å². The molecule has 88 heavy (non-hydrogen) atoms. The Labute approximate surface area is 510 Å². The van der Waals surface area contributed by atoms with Crippen LogP contribution in [-0.4, -0.2) is 161 Å². The second-order valence-electron chi connectivity index (χ2n) is 24.1. The summed E-state index contributed by atoms with van der Waals surface area (Å²) in [7, 11) is 0. The molecule has 3 atom stereocenters. The van der Waals surface area contributed by atoms with Crippen LogP contribution in [-0.2, 0) is 43.6 Å². The number of pyridine rings is 1. The van der Waals surface area contributed by atoms with Gasteiger partial charge in [-0.3, -0.25) is 29.0 Å². The average molecular weight is 1210 g/mol. The SMILES string of the molecule is Cc1n[nH]c(C)c1-c1ccc(NC(=O)[C@@H](NC(=O)c2ccnn2CCCNC(=O)Cn2cc(COCCOCC(CO)CNC(=O)N3CC(Oc4cccc(Oc5ccc(C(=O)N[C@@H](CCC(C)(C)C)C(=O)O)cn5)c4)C3)nn2)C(C2CC2)C2CC2)cc1. The largest absolute Gasteiger partial charge is 0.487 e. The van der Waals surface area contributed by atoms with Crippen LogP contribution in [0.1, 0.15) is 104 Å². The van der Waals surface area contributed by atoms with E-state index in [1.54, 1.807) is 52.3 Å². The topological polar surface area (TPSA) is 333 Å². The number of benzene rings is 2. The van der Waals surface area contributed by atoms with E-state index in [-0.39, 0.29) is 105 Å². The highest BCUT2D eigenvalue weighted by atomic mass is 16.5. The fourth-order valence-electron chi connectivity index (χ4n) is 10.5. The van der Waals surface area contributed by atoms with Gasteiger partial charge in [0.25, 0.3) is 11.8 Å². The highest BCUT2D eigenvalue weighted by Gasteiger charge is 2.48. The summed E-state index contributed by atoms with van der Waals surface area (Å²) in [4.78, 5) is 84.0. The second kappa shape index (κ2) is 29.8. The number of nitrogens with zero attached hydrogens (tertiary/aromatic N) is 8. The van der Waals surface area contributed by atoms with E-state index < -0.39 is 24.0 Å². The molecule has 470 valence electrons. The monoisotopic (exact) mass is 1210 g/mol. The Bertz CT molecular complexity index is 3300. The Kier molecular flexibility index (Phi) is 21.6. The van der Waals surface area contributed by atoms with E-state index >= 15 is 0 Å². The number of anilines is 1. The molecular weight excluding hydrogens is 1130 g/mol. The average Bonchev–Trinajstić information content (AvgIpc) is 2.93. The van der Waals surface area contributed by atoms with Crippen molar-refractivity contribution in [3.8, 4) is 28.5 Å². The maximum atomic E-state index is 14.0. The van der Waals surface area contributed by atoms with Crippen LogP contribution in [0.25, 0.3) is 11.1 Å². The number of carbonyl (C=O) groups excluding carboxylic acids is 5. The summed E-state index contributed by atoms with van der Waals surface area (Å²) in [6, 6.07) is 17.2. The van der Waals surface area contributed by atoms with Crippen LogP contribution in [0, 0.1) is 42.9 Å². The van der Waals surface area contributed by atoms with Crippen molar-refractivity contribution < 1.29 is 57.9 Å². The molecule has 26 nitrogen and oxygen atoms in total. The van der Waals surface area contributed by atoms with Gasteiger partial charge >= 0.3 is 12.0 Å². The van der Waals surface area contributed by atoms with Crippen molar-refractivity contribution in [3.05, 3.63) is 114 Å². The molecule has 1 saturated heterocycles. The van der Waals surface area contributed by atoms with Gasteiger partial charge in [0.1, 0.15) is 47.6 Å². The molecular formula is C62H80N14O12. The first-order chi connectivity index (χ1) is 42.4. The van der Waals surface area contributed by atoms with E-state index in [1.807, 2.05) is 58.9 Å². The number of likely N-dealkylation sites (tertiary alicyclic amines) is 1. The number of hydrogen-bond acceptors (Lipinski definition) is 16. The lowest BCUT2D eigenvalue weighted by molar-refractivity contribution is -0.139. The summed E-state index contributed by atoms with van der Waals surface area (Å²) >= 11 is 0. The summed E-state index contributed by atoms with van der Waals surface area (Å²) in [5.74, 6) is -0.896. The predicted octanol–water partition coefficient (Wildman–Crippen LogP) is 5.67. The number of hydrogen-bond donors (Lipinski definition) is 8. The Morgan fingerprint density at radius 1 is 0.875 bits per heavy atom. The number of amides is 6. The van der Waals surface area contributed by atoms with Crippen molar-refractivity contribution in [2.75, 3.05) is 57.9 Å². The highest BCUT2D eigenvalue weighted by molar-refractivity contribution is 6.01. The fraction of sp³-hybridized carbons (Fsp3) is 0.500. The normalized spacial score (nSPS) is 15.2. The van der Waals surface area contributed by atoms with Gasteiger partial charge in [0.15, 0.2) is 0 Å². The van der Waals surface area contributed by atoms with Crippen molar-refractivity contribution in [1.82, 2.24) is 66.1 Å². The number of ether oxygens (including phenoxy) is 4. The molecule has 3 aliphatic rings. The van der Waals surface area contributed by atoms with Gasteiger partial charge in [-0.25, -0.2) is 19.3 Å². The van der Waals surface area contributed by atoms with Crippen molar-refractivity contribution in [2.24, 2.45) is 29.1 Å². The molecule has 6 amide bonds. The van der Waals surface area contributed by atoms with E-state index in [1.165, 1.54) is 23.0 Å². The van der Waals surface area contributed by atoms with Crippen molar-refractivity contribution in [2.45, 2.75) is 117 Å². The highest BCUT2D eigenvalue weighted by Crippen LogP contribution is 2.51. The molecule has 5 heterocycles. The number of aliphatic hydroxyl groups excluding tert-OH is 1. The minimum atomic E-state index is -1.10. The Balaban J connectivity index is 0.615. The lowest BCUT2D eigenvalue weighted by Gasteiger charge is -2.39. The first-order valence-electron chi connectivity index (χ1n) is 30.0. The standard InChI is InChI=1S/C62H80N14O12/c1-38-54(39(2)71-70-38)41-14-17-45(18-15-41)67-59(81)56(55(42-10-11-42)43-12-13-43)69-58(80)51-21-24-66-76(51)25-7-23-63-52(78)34-75-31-46(72-73-75)37-86-27-26-85-36-40(35-77)29-65-61(84)74-32-49(33-74)87-47-8-6-9-48(28-47)88-53-19-16-44(30-64-53)57(79)68-50(60(82)83)20-22-62(3,4)5/h6,8-9,14-19,21,24,28,30-31,40,42-43,49-50,55-56,77H,7,10-13,20,22-23,25-27,29,32-37H2,1-5H3,(H,63,78)(H,65,84)(H,67,81)(H,68,79)(H,69,80)(H,70,71)(H,82,83)/t40?,50-,56-/m0/s1. The molecule has 0 spiro atoms. The fourth-order valence-corrected chi connectivity index (χ4v) is 10.5. The number of urea groups is 1. The van der Waals surface area contributed by atoms with E-state index in [2.05, 4.69) is 57.2 Å². The molecule has 2 aromatic carbocycles. The second-order valence-corrected chi connectivity index (χ2v) is 24.1. The van der Waals surface area contributed by atoms with Gasteiger partial charge in [0, 0.05) is 73.6 Å². The molecule has 2 saturated carbocycles. The summed E-state index contributed by atoms with van der Waals surface area (Å²) in [5, 5.41) is 53.9. The molecule has 2 aliphatic carbocycles. The van der Waals surface area contributed by atoms with Gasteiger partial charge in [0.2, 0.25) is 17.7 Å². The number of aryl methyl sites for hydroxylation is 3. The first kappa shape index (κ1) is 63.7. The zero-order valence-corrected chi connectivity index (χ0v) is 50.4. The zero-order valence-electron chi connectivity index (χ0n) is 50.4. The lowest BCUT2D eigenvalue weighted by Crippen LogP contribution is -2.59. The number of H-pyrrole nitrogens is 1. The van der Waals surface area contributed by atoms with Crippen LogP contribution in [0.4, 0.5) is 10.5 Å². The van der Waals surface area contributed by atoms with E-state index in [4.69, 9.17) is 18.9 Å². The molecule has 6 aromatic rings.